The molecule has 3 rings (SSSR count). The molecule has 4 heteroatoms. The van der Waals surface area contributed by atoms with Gasteiger partial charge in [-0.2, -0.15) is 0 Å². The van der Waals surface area contributed by atoms with Gasteiger partial charge >= 0.3 is 0 Å². The first-order valence-electron chi connectivity index (χ1n) is 7.85. The maximum atomic E-state index is 5.83. The Morgan fingerprint density at radius 2 is 1.45 bits per heavy atom. The number of rotatable bonds is 5. The van der Waals surface area contributed by atoms with Gasteiger partial charge in [-0.1, -0.05) is 18.2 Å². The lowest BCUT2D eigenvalue weighted by atomic mass is 10.2. The van der Waals surface area contributed by atoms with Crippen LogP contribution in [0, 0.1) is 0 Å². The number of hydrogen-bond donors (Lipinski definition) is 1. The molecule has 4 nitrogen and oxygen atoms in total. The summed E-state index contributed by atoms with van der Waals surface area (Å²) in [5.41, 5.74) is 6.87. The lowest BCUT2D eigenvalue weighted by molar-refractivity contribution is 0.265. The quantitative estimate of drug-likeness (QED) is 0.921. The van der Waals surface area contributed by atoms with E-state index in [1.807, 2.05) is 42.5 Å². The fraction of sp³-hybridized carbons (Fsp3) is 0.333. The number of para-hydroxylation sites is 1. The van der Waals surface area contributed by atoms with Crippen molar-refractivity contribution in [2.75, 3.05) is 44.2 Å². The van der Waals surface area contributed by atoms with E-state index in [-0.39, 0.29) is 0 Å². The summed E-state index contributed by atoms with van der Waals surface area (Å²) in [5.74, 6) is 1.74. The summed E-state index contributed by atoms with van der Waals surface area (Å²) in [7, 11) is 0. The van der Waals surface area contributed by atoms with Crippen molar-refractivity contribution >= 4 is 5.69 Å². The summed E-state index contributed by atoms with van der Waals surface area (Å²) in [6.45, 7) is 6.01. The van der Waals surface area contributed by atoms with Crippen LogP contribution in [0.5, 0.6) is 11.5 Å². The smallest absolute Gasteiger partial charge is 0.127 e. The van der Waals surface area contributed by atoms with E-state index >= 15 is 0 Å². The van der Waals surface area contributed by atoms with Crippen molar-refractivity contribution in [2.24, 2.45) is 5.73 Å². The minimum Gasteiger partial charge on any atom is -0.457 e. The SMILES string of the molecule is NCCN1CCN(c2ccc(Oc3ccccc3)cc2)CC1. The fourth-order valence-electron chi connectivity index (χ4n) is 2.76. The van der Waals surface area contributed by atoms with Crippen LogP contribution in [0.4, 0.5) is 5.69 Å². The molecule has 2 aromatic carbocycles. The number of nitrogens with zero attached hydrogens (tertiary/aromatic N) is 2. The van der Waals surface area contributed by atoms with Crippen LogP contribution < -0.4 is 15.4 Å². The molecule has 22 heavy (non-hydrogen) atoms. The lowest BCUT2D eigenvalue weighted by Crippen LogP contribution is -2.47. The van der Waals surface area contributed by atoms with Crippen molar-refractivity contribution in [3.8, 4) is 11.5 Å². The molecule has 0 radical (unpaired) electrons. The molecule has 0 bridgehead atoms. The van der Waals surface area contributed by atoms with Crippen molar-refractivity contribution in [2.45, 2.75) is 0 Å². The molecular formula is C18H23N3O. The summed E-state index contributed by atoms with van der Waals surface area (Å²) in [5, 5.41) is 0. The van der Waals surface area contributed by atoms with Crippen LogP contribution >= 0.6 is 0 Å². The minimum atomic E-state index is 0.742. The zero-order valence-corrected chi connectivity index (χ0v) is 12.8. The van der Waals surface area contributed by atoms with Gasteiger partial charge in [-0.3, -0.25) is 4.90 Å². The molecule has 0 atom stereocenters. The standard InChI is InChI=1S/C18H23N3O/c19-10-11-20-12-14-21(15-13-20)16-6-8-18(9-7-16)22-17-4-2-1-3-5-17/h1-9H,10-15,19H2. The van der Waals surface area contributed by atoms with Crippen LogP contribution in [-0.4, -0.2) is 44.2 Å². The third-order valence-electron chi connectivity index (χ3n) is 4.00. The van der Waals surface area contributed by atoms with E-state index in [9.17, 15) is 0 Å². The Bertz CT molecular complexity index is 563. The predicted octanol–water partition coefficient (Wildman–Crippen LogP) is 2.56. The van der Waals surface area contributed by atoms with Crippen LogP contribution in [-0.2, 0) is 0 Å². The maximum absolute atomic E-state index is 5.83. The third-order valence-corrected chi connectivity index (χ3v) is 4.00. The van der Waals surface area contributed by atoms with E-state index in [2.05, 4.69) is 21.9 Å². The highest BCUT2D eigenvalue weighted by atomic mass is 16.5. The highest BCUT2D eigenvalue weighted by molar-refractivity contribution is 5.50. The van der Waals surface area contributed by atoms with Crippen LogP contribution in [0.3, 0.4) is 0 Å². The zero-order valence-electron chi connectivity index (χ0n) is 12.8. The number of anilines is 1. The van der Waals surface area contributed by atoms with E-state index in [1.54, 1.807) is 0 Å². The van der Waals surface area contributed by atoms with Crippen LogP contribution in [0.15, 0.2) is 54.6 Å². The molecule has 0 saturated carbocycles. The normalized spacial score (nSPS) is 15.8. The number of ether oxygens (including phenoxy) is 1. The zero-order chi connectivity index (χ0) is 15.2. The van der Waals surface area contributed by atoms with E-state index in [1.165, 1.54) is 5.69 Å². The van der Waals surface area contributed by atoms with Crippen LogP contribution in [0.25, 0.3) is 0 Å². The summed E-state index contributed by atoms with van der Waals surface area (Å²) in [4.78, 5) is 4.84. The highest BCUT2D eigenvalue weighted by Gasteiger charge is 2.16. The Balaban J connectivity index is 1.58. The number of nitrogens with two attached hydrogens (primary N) is 1. The van der Waals surface area contributed by atoms with Crippen molar-refractivity contribution in [3.63, 3.8) is 0 Å². The molecule has 1 heterocycles. The Morgan fingerprint density at radius 3 is 2.09 bits per heavy atom. The minimum absolute atomic E-state index is 0.742. The first kappa shape index (κ1) is 14.9. The highest BCUT2D eigenvalue weighted by Crippen LogP contribution is 2.24. The molecule has 1 aliphatic heterocycles. The van der Waals surface area contributed by atoms with E-state index in [4.69, 9.17) is 10.5 Å². The van der Waals surface area contributed by atoms with Crippen molar-refractivity contribution in [1.82, 2.24) is 4.90 Å². The fourth-order valence-corrected chi connectivity index (χ4v) is 2.76. The predicted molar refractivity (Wildman–Crippen MR) is 90.7 cm³/mol. The molecule has 1 aliphatic rings. The number of benzene rings is 2. The van der Waals surface area contributed by atoms with Gasteiger partial charge < -0.3 is 15.4 Å². The van der Waals surface area contributed by atoms with Gasteiger partial charge in [0.15, 0.2) is 0 Å². The molecular weight excluding hydrogens is 274 g/mol. The Labute approximate surface area is 132 Å². The molecule has 1 saturated heterocycles. The van der Waals surface area contributed by atoms with Gasteiger partial charge in [0.2, 0.25) is 0 Å². The summed E-state index contributed by atoms with van der Waals surface area (Å²) < 4.78 is 5.83. The van der Waals surface area contributed by atoms with Crippen LogP contribution in [0.1, 0.15) is 0 Å². The van der Waals surface area contributed by atoms with Crippen LogP contribution in [0.2, 0.25) is 0 Å². The van der Waals surface area contributed by atoms with Crippen molar-refractivity contribution in [1.29, 1.82) is 0 Å². The molecule has 0 unspecified atom stereocenters. The molecule has 0 aromatic heterocycles. The molecule has 0 spiro atoms. The first-order chi connectivity index (χ1) is 10.8. The molecule has 2 aromatic rings. The topological polar surface area (TPSA) is 41.7 Å². The Kier molecular flexibility index (Phi) is 4.93. The molecule has 1 fully saturated rings. The second-order valence-corrected chi connectivity index (χ2v) is 5.53. The lowest BCUT2D eigenvalue weighted by Gasteiger charge is -2.35. The molecule has 116 valence electrons. The Hall–Kier alpha value is -2.04. The van der Waals surface area contributed by atoms with Gasteiger partial charge in [-0.05, 0) is 36.4 Å². The van der Waals surface area contributed by atoms with Gasteiger partial charge in [-0.25, -0.2) is 0 Å². The Morgan fingerprint density at radius 1 is 0.818 bits per heavy atom. The van der Waals surface area contributed by atoms with Gasteiger partial charge in [-0.15, -0.1) is 0 Å². The number of hydrogen-bond acceptors (Lipinski definition) is 4. The van der Waals surface area contributed by atoms with Gasteiger partial charge in [0.25, 0.3) is 0 Å². The second-order valence-electron chi connectivity index (χ2n) is 5.53. The van der Waals surface area contributed by atoms with Crippen molar-refractivity contribution < 1.29 is 4.74 Å². The average Bonchev–Trinajstić information content (AvgIpc) is 2.58. The molecule has 0 amide bonds. The monoisotopic (exact) mass is 297 g/mol. The molecule has 2 N–H and O–H groups in total. The van der Waals surface area contributed by atoms with Gasteiger partial charge in [0.1, 0.15) is 11.5 Å². The van der Waals surface area contributed by atoms with Crippen molar-refractivity contribution in [3.05, 3.63) is 54.6 Å². The summed E-state index contributed by atoms with van der Waals surface area (Å²) in [6.07, 6.45) is 0. The third kappa shape index (κ3) is 3.78. The van der Waals surface area contributed by atoms with E-state index in [0.29, 0.717) is 0 Å². The first-order valence-corrected chi connectivity index (χ1v) is 7.85. The average molecular weight is 297 g/mol. The van der Waals surface area contributed by atoms with E-state index < -0.39 is 0 Å². The summed E-state index contributed by atoms with van der Waals surface area (Å²) in [6, 6.07) is 18.2. The van der Waals surface area contributed by atoms with Gasteiger partial charge in [0.05, 0.1) is 0 Å². The number of piperazine rings is 1. The molecule has 0 aliphatic carbocycles. The summed E-state index contributed by atoms with van der Waals surface area (Å²) >= 11 is 0. The van der Waals surface area contributed by atoms with E-state index in [0.717, 1.165) is 50.8 Å². The maximum Gasteiger partial charge on any atom is 0.127 e. The second kappa shape index (κ2) is 7.29. The largest absolute Gasteiger partial charge is 0.457 e. The van der Waals surface area contributed by atoms with Gasteiger partial charge in [0, 0.05) is 45.0 Å².